The molecule has 1 aromatic carbocycles. The average molecular weight is 427 g/mol. The maximum atomic E-state index is 11.9. The maximum absolute atomic E-state index is 11.9. The van der Waals surface area contributed by atoms with E-state index in [1.807, 2.05) is 0 Å². The van der Waals surface area contributed by atoms with Crippen LogP contribution in [0, 0.1) is 0 Å². The Balaban J connectivity index is 1.99. The highest BCUT2D eigenvalue weighted by molar-refractivity contribution is 7.84. The minimum atomic E-state index is -4.00. The van der Waals surface area contributed by atoms with Crippen molar-refractivity contribution in [1.29, 1.82) is 0 Å². The monoisotopic (exact) mass is 426 g/mol. The van der Waals surface area contributed by atoms with Crippen molar-refractivity contribution in [3.05, 3.63) is 29.8 Å². The predicted octanol–water partition coefficient (Wildman–Crippen LogP) is 4.63. The Morgan fingerprint density at radius 1 is 0.897 bits per heavy atom. The number of rotatable bonds is 17. The van der Waals surface area contributed by atoms with Crippen LogP contribution in [0.25, 0.3) is 0 Å². The van der Waals surface area contributed by atoms with Gasteiger partial charge in [0.25, 0.3) is 0 Å². The van der Waals surface area contributed by atoms with Gasteiger partial charge in [0.05, 0.1) is 0 Å². The van der Waals surface area contributed by atoms with Crippen LogP contribution in [0.5, 0.6) is 5.75 Å². The molecule has 0 spiro atoms. The van der Waals surface area contributed by atoms with Crippen LogP contribution in [0.1, 0.15) is 89.5 Å². The SMILES string of the molecule is CCCCCCCCCCCCCC(=O)NCCc1ccc(OS(N)(=O)=O)cc1. The van der Waals surface area contributed by atoms with Crippen LogP contribution in [0.2, 0.25) is 0 Å². The molecule has 29 heavy (non-hydrogen) atoms. The van der Waals surface area contributed by atoms with Gasteiger partial charge in [-0.25, -0.2) is 0 Å². The van der Waals surface area contributed by atoms with E-state index in [9.17, 15) is 13.2 Å². The number of benzene rings is 1. The van der Waals surface area contributed by atoms with E-state index in [2.05, 4.69) is 16.4 Å². The summed E-state index contributed by atoms with van der Waals surface area (Å²) in [5.74, 6) is 0.270. The van der Waals surface area contributed by atoms with Gasteiger partial charge in [-0.05, 0) is 30.5 Å². The van der Waals surface area contributed by atoms with Gasteiger partial charge in [0.2, 0.25) is 5.91 Å². The van der Waals surface area contributed by atoms with Gasteiger partial charge in [-0.3, -0.25) is 4.79 Å². The number of hydrogen-bond donors (Lipinski definition) is 2. The largest absolute Gasteiger partial charge is 0.380 e. The lowest BCUT2D eigenvalue weighted by molar-refractivity contribution is -0.121. The molecular formula is C22H38N2O4S. The van der Waals surface area contributed by atoms with Crippen molar-refractivity contribution in [2.45, 2.75) is 90.4 Å². The quantitative estimate of drug-likeness (QED) is 0.355. The smallest absolute Gasteiger partial charge is 0.371 e. The van der Waals surface area contributed by atoms with E-state index in [0.29, 0.717) is 19.4 Å². The molecule has 1 rings (SSSR count). The molecule has 0 bridgehead atoms. The zero-order chi connectivity index (χ0) is 21.4. The highest BCUT2D eigenvalue weighted by Gasteiger charge is 2.05. The summed E-state index contributed by atoms with van der Waals surface area (Å²) in [4.78, 5) is 11.9. The Hall–Kier alpha value is -1.60. The number of nitrogens with two attached hydrogens (primary N) is 1. The highest BCUT2D eigenvalue weighted by Crippen LogP contribution is 2.14. The number of unbranched alkanes of at least 4 members (excludes halogenated alkanes) is 10. The van der Waals surface area contributed by atoms with Crippen molar-refractivity contribution in [2.75, 3.05) is 6.54 Å². The summed E-state index contributed by atoms with van der Waals surface area (Å²) in [6.07, 6.45) is 15.3. The van der Waals surface area contributed by atoms with Gasteiger partial charge in [0.1, 0.15) is 5.75 Å². The zero-order valence-corrected chi connectivity index (χ0v) is 18.6. The van der Waals surface area contributed by atoms with E-state index in [0.717, 1.165) is 18.4 Å². The molecule has 0 atom stereocenters. The Labute approximate surface area is 176 Å². The lowest BCUT2D eigenvalue weighted by Gasteiger charge is -2.07. The van der Waals surface area contributed by atoms with Crippen LogP contribution in [0.4, 0.5) is 0 Å². The van der Waals surface area contributed by atoms with Gasteiger partial charge >= 0.3 is 10.3 Å². The fourth-order valence-electron chi connectivity index (χ4n) is 3.23. The summed E-state index contributed by atoms with van der Waals surface area (Å²) >= 11 is 0. The molecule has 0 fully saturated rings. The van der Waals surface area contributed by atoms with E-state index in [1.165, 1.54) is 57.8 Å². The van der Waals surface area contributed by atoms with Crippen LogP contribution < -0.4 is 14.6 Å². The van der Waals surface area contributed by atoms with Gasteiger partial charge in [0.15, 0.2) is 0 Å². The van der Waals surface area contributed by atoms with Gasteiger partial charge in [-0.1, -0.05) is 83.3 Å². The maximum Gasteiger partial charge on any atom is 0.380 e. The molecule has 0 heterocycles. The molecule has 7 heteroatoms. The number of hydrogen-bond acceptors (Lipinski definition) is 4. The predicted molar refractivity (Wildman–Crippen MR) is 118 cm³/mol. The summed E-state index contributed by atoms with van der Waals surface area (Å²) in [5.41, 5.74) is 0.988. The molecule has 3 N–H and O–H groups in total. The molecule has 0 aliphatic carbocycles. The molecule has 6 nitrogen and oxygen atoms in total. The first-order valence-corrected chi connectivity index (χ1v) is 12.5. The van der Waals surface area contributed by atoms with Gasteiger partial charge in [-0.2, -0.15) is 13.6 Å². The van der Waals surface area contributed by atoms with Gasteiger partial charge < -0.3 is 9.50 Å². The minimum absolute atomic E-state index is 0.0927. The lowest BCUT2D eigenvalue weighted by Crippen LogP contribution is -2.25. The van der Waals surface area contributed by atoms with Crippen molar-refractivity contribution < 1.29 is 17.4 Å². The Morgan fingerprint density at radius 2 is 1.41 bits per heavy atom. The Morgan fingerprint density at radius 3 is 1.93 bits per heavy atom. The van der Waals surface area contributed by atoms with Gasteiger partial charge in [0, 0.05) is 13.0 Å². The van der Waals surface area contributed by atoms with Crippen molar-refractivity contribution in [1.82, 2.24) is 5.32 Å². The molecule has 0 aliphatic heterocycles. The topological polar surface area (TPSA) is 98.5 Å². The van der Waals surface area contributed by atoms with Crippen LogP contribution >= 0.6 is 0 Å². The Kier molecular flexibility index (Phi) is 13.4. The second-order valence-corrected chi connectivity index (χ2v) is 8.76. The van der Waals surface area contributed by atoms with Crippen LogP contribution in [0.3, 0.4) is 0 Å². The lowest BCUT2D eigenvalue weighted by atomic mass is 10.1. The molecule has 0 saturated heterocycles. The zero-order valence-electron chi connectivity index (χ0n) is 17.8. The first-order valence-electron chi connectivity index (χ1n) is 11.0. The molecule has 0 saturated carbocycles. The molecule has 0 radical (unpaired) electrons. The fraction of sp³-hybridized carbons (Fsp3) is 0.682. The third-order valence-corrected chi connectivity index (χ3v) is 5.30. The van der Waals surface area contributed by atoms with E-state index < -0.39 is 10.3 Å². The summed E-state index contributed by atoms with van der Waals surface area (Å²) < 4.78 is 26.3. The highest BCUT2D eigenvalue weighted by atomic mass is 32.2. The van der Waals surface area contributed by atoms with Crippen molar-refractivity contribution in [3.8, 4) is 5.75 Å². The van der Waals surface area contributed by atoms with Gasteiger partial charge in [-0.15, -0.1) is 0 Å². The molecule has 0 aliphatic rings. The summed E-state index contributed by atoms with van der Waals surface area (Å²) in [5, 5.41) is 7.76. The second kappa shape index (κ2) is 15.3. The first-order chi connectivity index (χ1) is 13.9. The molecular weight excluding hydrogens is 388 g/mol. The number of carbonyl (C=O) groups is 1. The van der Waals surface area contributed by atoms with E-state index in [1.54, 1.807) is 24.3 Å². The minimum Gasteiger partial charge on any atom is -0.371 e. The molecule has 166 valence electrons. The number of nitrogens with one attached hydrogen (secondary N) is 1. The third kappa shape index (κ3) is 15.0. The van der Waals surface area contributed by atoms with Crippen LogP contribution in [-0.2, 0) is 21.5 Å². The molecule has 1 amide bonds. The van der Waals surface area contributed by atoms with E-state index >= 15 is 0 Å². The number of amides is 1. The van der Waals surface area contributed by atoms with Crippen LogP contribution in [-0.4, -0.2) is 20.9 Å². The summed E-state index contributed by atoms with van der Waals surface area (Å²) in [7, 11) is -4.00. The van der Waals surface area contributed by atoms with Crippen LogP contribution in [0.15, 0.2) is 24.3 Å². The molecule has 0 aromatic heterocycles. The third-order valence-electron chi connectivity index (χ3n) is 4.88. The van der Waals surface area contributed by atoms with E-state index in [4.69, 9.17) is 5.14 Å². The van der Waals surface area contributed by atoms with Crippen molar-refractivity contribution in [2.24, 2.45) is 5.14 Å². The summed E-state index contributed by atoms with van der Waals surface area (Å²) in [6, 6.07) is 6.62. The number of carbonyl (C=O) groups excluding carboxylic acids is 1. The van der Waals surface area contributed by atoms with Crippen molar-refractivity contribution >= 4 is 16.2 Å². The second-order valence-electron chi connectivity index (χ2n) is 7.61. The Bertz CT molecular complexity index is 660. The molecule has 1 aromatic rings. The average Bonchev–Trinajstić information content (AvgIpc) is 2.66. The normalized spacial score (nSPS) is 11.4. The van der Waals surface area contributed by atoms with Crippen molar-refractivity contribution in [3.63, 3.8) is 0 Å². The first kappa shape index (κ1) is 25.4. The fourth-order valence-corrected chi connectivity index (χ4v) is 3.61. The van der Waals surface area contributed by atoms with E-state index in [-0.39, 0.29) is 11.7 Å². The summed E-state index contributed by atoms with van der Waals surface area (Å²) in [6.45, 7) is 2.81. The molecule has 0 unspecified atom stereocenters. The standard InChI is InChI=1S/C22H38N2O4S/c1-2-3-4-5-6-7-8-9-10-11-12-13-22(25)24-19-18-20-14-16-21(17-15-20)28-29(23,26)27/h14-17H,2-13,18-19H2,1H3,(H,24,25)(H2,23,26,27).